The van der Waals surface area contributed by atoms with Gasteiger partial charge in [0.2, 0.25) is 20.9 Å². The summed E-state index contributed by atoms with van der Waals surface area (Å²) in [7, 11) is -2.93. The number of carbonyl (C=O) groups is 1. The van der Waals surface area contributed by atoms with Crippen LogP contribution in [0.15, 0.2) is 65.8 Å². The average Bonchev–Trinajstić information content (AvgIpc) is 2.83. The predicted octanol–water partition coefficient (Wildman–Crippen LogP) is 3.69. The standard InChI is InChI=1S/C23H22F3N3O4S/c1-33-18-9-7-17(8-10-18)19-15-20(23(24,25)26)29-22(28-19)34(31,32)14-12-21(30)27-13-11-16-5-3-2-4-6-16/h2-10,15H,11-14H2,1H3,(H,27,30). The maximum absolute atomic E-state index is 13.4. The van der Waals surface area contributed by atoms with E-state index in [9.17, 15) is 26.4 Å². The Morgan fingerprint density at radius 2 is 1.71 bits per heavy atom. The van der Waals surface area contributed by atoms with E-state index in [0.29, 0.717) is 24.8 Å². The first-order chi connectivity index (χ1) is 16.1. The molecule has 1 N–H and O–H groups in total. The van der Waals surface area contributed by atoms with E-state index in [0.717, 1.165) is 5.56 Å². The minimum Gasteiger partial charge on any atom is -0.497 e. The van der Waals surface area contributed by atoms with Gasteiger partial charge in [-0.2, -0.15) is 13.2 Å². The number of hydrogen-bond acceptors (Lipinski definition) is 6. The molecule has 1 amide bonds. The first-order valence-corrected chi connectivity index (χ1v) is 11.9. The van der Waals surface area contributed by atoms with Crippen molar-refractivity contribution in [2.45, 2.75) is 24.2 Å². The molecule has 0 radical (unpaired) electrons. The normalized spacial score (nSPS) is 11.8. The third-order valence-corrected chi connectivity index (χ3v) is 6.32. The summed E-state index contributed by atoms with van der Waals surface area (Å²) in [5.74, 6) is -0.796. The second-order valence-corrected chi connectivity index (χ2v) is 9.30. The second-order valence-electron chi connectivity index (χ2n) is 7.30. The molecule has 2 aromatic carbocycles. The summed E-state index contributed by atoms with van der Waals surface area (Å²) in [6, 6.07) is 16.0. The zero-order chi connectivity index (χ0) is 24.8. The Balaban J connectivity index is 1.74. The Labute approximate surface area is 194 Å². The van der Waals surface area contributed by atoms with E-state index in [2.05, 4.69) is 15.3 Å². The minimum atomic E-state index is -4.89. The van der Waals surface area contributed by atoms with Crippen LogP contribution in [0.2, 0.25) is 0 Å². The minimum absolute atomic E-state index is 0.212. The van der Waals surface area contributed by atoms with Crippen LogP contribution in [-0.4, -0.2) is 43.7 Å². The number of sulfone groups is 1. The summed E-state index contributed by atoms with van der Waals surface area (Å²) in [6.07, 6.45) is -4.76. The van der Waals surface area contributed by atoms with E-state index in [1.165, 1.54) is 31.4 Å². The summed E-state index contributed by atoms with van der Waals surface area (Å²) in [5.41, 5.74) is -0.349. The number of hydrogen-bond donors (Lipinski definition) is 1. The third-order valence-electron chi connectivity index (χ3n) is 4.84. The molecule has 0 fully saturated rings. The smallest absolute Gasteiger partial charge is 0.433 e. The highest BCUT2D eigenvalue weighted by atomic mass is 32.2. The van der Waals surface area contributed by atoms with E-state index < -0.39 is 44.9 Å². The molecule has 180 valence electrons. The summed E-state index contributed by atoms with van der Waals surface area (Å²) in [5, 5.41) is 1.62. The fourth-order valence-electron chi connectivity index (χ4n) is 3.02. The van der Waals surface area contributed by atoms with Gasteiger partial charge in [0.05, 0.1) is 18.6 Å². The number of methoxy groups -OCH3 is 1. The monoisotopic (exact) mass is 493 g/mol. The highest BCUT2D eigenvalue weighted by Gasteiger charge is 2.35. The van der Waals surface area contributed by atoms with Crippen molar-refractivity contribution in [2.24, 2.45) is 0 Å². The number of carbonyl (C=O) groups excluding carboxylic acids is 1. The van der Waals surface area contributed by atoms with E-state index >= 15 is 0 Å². The summed E-state index contributed by atoms with van der Waals surface area (Å²) in [4.78, 5) is 19.2. The molecule has 3 rings (SSSR count). The Bertz CT molecular complexity index is 1230. The number of halogens is 3. The molecule has 0 spiro atoms. The zero-order valence-corrected chi connectivity index (χ0v) is 19.0. The van der Waals surface area contributed by atoms with Gasteiger partial charge in [0, 0.05) is 18.5 Å². The van der Waals surface area contributed by atoms with Crippen molar-refractivity contribution in [3.8, 4) is 17.0 Å². The maximum atomic E-state index is 13.4. The third kappa shape index (κ3) is 6.77. The van der Waals surface area contributed by atoms with Crippen LogP contribution in [0.1, 0.15) is 17.7 Å². The van der Waals surface area contributed by atoms with Crippen molar-refractivity contribution >= 4 is 15.7 Å². The van der Waals surface area contributed by atoms with Crippen LogP contribution < -0.4 is 10.1 Å². The SMILES string of the molecule is COc1ccc(-c2cc(C(F)(F)F)nc(S(=O)(=O)CCC(=O)NCCc3ccccc3)n2)cc1. The van der Waals surface area contributed by atoms with Crippen LogP contribution in [0.25, 0.3) is 11.3 Å². The van der Waals surface area contributed by atoms with E-state index in [-0.39, 0.29) is 11.3 Å². The molecule has 0 atom stereocenters. The van der Waals surface area contributed by atoms with Gasteiger partial charge < -0.3 is 10.1 Å². The fraction of sp³-hybridized carbons (Fsp3) is 0.261. The Hall–Kier alpha value is -3.47. The van der Waals surface area contributed by atoms with Gasteiger partial charge in [-0.3, -0.25) is 4.79 Å². The van der Waals surface area contributed by atoms with E-state index in [1.54, 1.807) is 0 Å². The molecule has 0 bridgehead atoms. The van der Waals surface area contributed by atoms with Gasteiger partial charge in [-0.1, -0.05) is 30.3 Å². The Morgan fingerprint density at radius 3 is 2.32 bits per heavy atom. The molecule has 7 nitrogen and oxygen atoms in total. The molecule has 1 heterocycles. The Morgan fingerprint density at radius 1 is 1.03 bits per heavy atom. The largest absolute Gasteiger partial charge is 0.497 e. The van der Waals surface area contributed by atoms with Gasteiger partial charge in [-0.15, -0.1) is 0 Å². The van der Waals surface area contributed by atoms with Crippen molar-refractivity contribution in [1.29, 1.82) is 0 Å². The maximum Gasteiger partial charge on any atom is 0.433 e. The fourth-order valence-corrected chi connectivity index (χ4v) is 4.13. The number of amides is 1. The van der Waals surface area contributed by atoms with Gasteiger partial charge in [0.25, 0.3) is 0 Å². The number of rotatable bonds is 9. The molecule has 1 aromatic heterocycles. The summed E-state index contributed by atoms with van der Waals surface area (Å²) < 4.78 is 70.6. The van der Waals surface area contributed by atoms with Crippen LogP contribution in [0.5, 0.6) is 5.75 Å². The van der Waals surface area contributed by atoms with Gasteiger partial charge in [-0.05, 0) is 42.3 Å². The lowest BCUT2D eigenvalue weighted by atomic mass is 10.1. The van der Waals surface area contributed by atoms with Gasteiger partial charge in [0.1, 0.15) is 11.4 Å². The topological polar surface area (TPSA) is 98.2 Å². The number of alkyl halides is 3. The lowest BCUT2D eigenvalue weighted by Crippen LogP contribution is -2.28. The van der Waals surface area contributed by atoms with Crippen LogP contribution in [0, 0.1) is 0 Å². The van der Waals surface area contributed by atoms with Crippen LogP contribution in [0.3, 0.4) is 0 Å². The highest BCUT2D eigenvalue weighted by molar-refractivity contribution is 7.91. The molecular weight excluding hydrogens is 471 g/mol. The zero-order valence-electron chi connectivity index (χ0n) is 18.2. The quantitative estimate of drug-likeness (QED) is 0.457. The molecule has 0 aliphatic rings. The van der Waals surface area contributed by atoms with Gasteiger partial charge >= 0.3 is 6.18 Å². The Kier molecular flexibility index (Phi) is 7.87. The average molecular weight is 494 g/mol. The molecule has 3 aromatic rings. The van der Waals surface area contributed by atoms with Crippen molar-refractivity contribution < 1.29 is 31.1 Å². The van der Waals surface area contributed by atoms with Gasteiger partial charge in [0.15, 0.2) is 0 Å². The number of ether oxygens (including phenoxy) is 1. The first kappa shape index (κ1) is 25.2. The molecule has 0 saturated carbocycles. The first-order valence-electron chi connectivity index (χ1n) is 10.2. The molecule has 34 heavy (non-hydrogen) atoms. The molecule has 0 unspecified atom stereocenters. The van der Waals surface area contributed by atoms with Crippen LogP contribution >= 0.6 is 0 Å². The number of aromatic nitrogens is 2. The number of nitrogens with zero attached hydrogens (tertiary/aromatic N) is 2. The second kappa shape index (κ2) is 10.6. The van der Waals surface area contributed by atoms with E-state index in [4.69, 9.17) is 4.74 Å². The highest BCUT2D eigenvalue weighted by Crippen LogP contribution is 2.31. The van der Waals surface area contributed by atoms with Crippen LogP contribution in [-0.2, 0) is 27.2 Å². The summed E-state index contributed by atoms with van der Waals surface area (Å²) >= 11 is 0. The molecule has 0 aliphatic heterocycles. The van der Waals surface area contributed by atoms with E-state index in [1.807, 2.05) is 30.3 Å². The van der Waals surface area contributed by atoms with Crippen molar-refractivity contribution in [3.05, 3.63) is 71.9 Å². The lowest BCUT2D eigenvalue weighted by Gasteiger charge is -2.11. The van der Waals surface area contributed by atoms with Crippen molar-refractivity contribution in [1.82, 2.24) is 15.3 Å². The predicted molar refractivity (Wildman–Crippen MR) is 119 cm³/mol. The number of nitrogens with one attached hydrogen (secondary N) is 1. The molecule has 0 saturated heterocycles. The summed E-state index contributed by atoms with van der Waals surface area (Å²) in [6.45, 7) is 0.296. The molecule has 0 aliphatic carbocycles. The lowest BCUT2D eigenvalue weighted by molar-refractivity contribution is -0.141. The molecule has 11 heteroatoms. The molecular formula is C23H22F3N3O4S. The van der Waals surface area contributed by atoms with Crippen molar-refractivity contribution in [2.75, 3.05) is 19.4 Å². The van der Waals surface area contributed by atoms with Gasteiger partial charge in [-0.25, -0.2) is 18.4 Å². The number of benzene rings is 2. The van der Waals surface area contributed by atoms with Crippen molar-refractivity contribution in [3.63, 3.8) is 0 Å². The van der Waals surface area contributed by atoms with Crippen LogP contribution in [0.4, 0.5) is 13.2 Å².